The highest BCUT2D eigenvalue weighted by molar-refractivity contribution is 7.92. The van der Waals surface area contributed by atoms with E-state index in [1.165, 1.54) is 30.3 Å². The molecule has 2 aromatic rings. The van der Waals surface area contributed by atoms with Crippen LogP contribution in [0.4, 0.5) is 15.8 Å². The van der Waals surface area contributed by atoms with E-state index in [4.69, 9.17) is 11.6 Å². The minimum Gasteiger partial charge on any atom is -0.319 e. The molecule has 0 unspecified atom stereocenters. The van der Waals surface area contributed by atoms with Gasteiger partial charge in [0.05, 0.1) is 23.2 Å². The molecule has 0 radical (unpaired) electrons. The van der Waals surface area contributed by atoms with Crippen molar-refractivity contribution in [2.75, 3.05) is 16.3 Å². The largest absolute Gasteiger partial charge is 0.319 e. The maximum Gasteiger partial charge on any atom is 0.257 e. The van der Waals surface area contributed by atoms with E-state index in [0.29, 0.717) is 0 Å². The third-order valence-corrected chi connectivity index (χ3v) is 3.72. The van der Waals surface area contributed by atoms with Crippen LogP contribution < -0.4 is 10.0 Å². The highest BCUT2D eigenvalue weighted by Crippen LogP contribution is 2.24. The molecule has 0 aromatic heterocycles. The van der Waals surface area contributed by atoms with Crippen molar-refractivity contribution in [1.29, 1.82) is 0 Å². The van der Waals surface area contributed by atoms with Crippen LogP contribution in [0.2, 0.25) is 5.02 Å². The Morgan fingerprint density at radius 3 is 2.48 bits per heavy atom. The lowest BCUT2D eigenvalue weighted by Gasteiger charge is -2.12. The molecular formula is C15H14ClFN2O3S. The van der Waals surface area contributed by atoms with Crippen LogP contribution >= 0.6 is 11.6 Å². The molecule has 0 spiro atoms. The summed E-state index contributed by atoms with van der Waals surface area (Å²) < 4.78 is 38.7. The molecule has 0 heterocycles. The Bertz CT molecular complexity index is 869. The van der Waals surface area contributed by atoms with Crippen LogP contribution in [0.15, 0.2) is 36.4 Å². The summed E-state index contributed by atoms with van der Waals surface area (Å²) in [6.45, 7) is 1.76. The molecule has 0 fully saturated rings. The number of hydrogen-bond acceptors (Lipinski definition) is 3. The number of halogens is 2. The van der Waals surface area contributed by atoms with Gasteiger partial charge in [0.15, 0.2) is 0 Å². The van der Waals surface area contributed by atoms with Crippen molar-refractivity contribution in [1.82, 2.24) is 0 Å². The number of carbonyl (C=O) groups is 1. The van der Waals surface area contributed by atoms with Gasteiger partial charge in [0.25, 0.3) is 5.91 Å². The number of sulfonamides is 1. The first-order valence-electron chi connectivity index (χ1n) is 6.50. The topological polar surface area (TPSA) is 75.3 Å². The summed E-state index contributed by atoms with van der Waals surface area (Å²) in [6.07, 6.45) is 0.962. The number of amides is 1. The Balaban J connectivity index is 2.38. The molecule has 1 amide bonds. The molecule has 0 bridgehead atoms. The van der Waals surface area contributed by atoms with Gasteiger partial charge in [-0.15, -0.1) is 0 Å². The van der Waals surface area contributed by atoms with Crippen molar-refractivity contribution in [3.63, 3.8) is 0 Å². The highest BCUT2D eigenvalue weighted by atomic mass is 35.5. The number of nitrogens with one attached hydrogen (secondary N) is 2. The smallest absolute Gasteiger partial charge is 0.257 e. The van der Waals surface area contributed by atoms with Gasteiger partial charge in [-0.2, -0.15) is 0 Å². The molecule has 5 nitrogen and oxygen atoms in total. The van der Waals surface area contributed by atoms with Gasteiger partial charge in [-0.05, 0) is 42.8 Å². The standard InChI is InChI=1S/C15H14ClFN2O3S/c1-9-3-5-12(17)14(7-9)18-15(20)11-8-10(16)4-6-13(11)19-23(2,21)22/h3-8,19H,1-2H3,(H,18,20). The number of rotatable bonds is 4. The maximum absolute atomic E-state index is 13.7. The zero-order chi connectivity index (χ0) is 17.2. The lowest BCUT2D eigenvalue weighted by Crippen LogP contribution is -2.18. The van der Waals surface area contributed by atoms with Crippen molar-refractivity contribution in [2.24, 2.45) is 0 Å². The Hall–Kier alpha value is -2.12. The average Bonchev–Trinajstić information content (AvgIpc) is 2.43. The zero-order valence-electron chi connectivity index (χ0n) is 12.4. The molecule has 2 N–H and O–H groups in total. The molecular weight excluding hydrogens is 343 g/mol. The Morgan fingerprint density at radius 2 is 1.83 bits per heavy atom. The van der Waals surface area contributed by atoms with E-state index in [1.807, 2.05) is 0 Å². The monoisotopic (exact) mass is 356 g/mol. The average molecular weight is 357 g/mol. The van der Waals surface area contributed by atoms with Gasteiger partial charge in [-0.1, -0.05) is 17.7 Å². The molecule has 122 valence electrons. The molecule has 0 saturated carbocycles. The van der Waals surface area contributed by atoms with Crippen LogP contribution in [0, 0.1) is 12.7 Å². The maximum atomic E-state index is 13.7. The molecule has 2 aromatic carbocycles. The normalized spacial score (nSPS) is 11.1. The molecule has 0 aliphatic carbocycles. The van der Waals surface area contributed by atoms with E-state index in [9.17, 15) is 17.6 Å². The summed E-state index contributed by atoms with van der Waals surface area (Å²) in [5.74, 6) is -1.27. The summed E-state index contributed by atoms with van der Waals surface area (Å²) in [6, 6.07) is 8.39. The lowest BCUT2D eigenvalue weighted by atomic mass is 10.1. The fourth-order valence-corrected chi connectivity index (χ4v) is 2.67. The second kappa shape index (κ2) is 6.55. The minimum atomic E-state index is -3.58. The molecule has 23 heavy (non-hydrogen) atoms. The second-order valence-electron chi connectivity index (χ2n) is 5.00. The first-order chi connectivity index (χ1) is 10.7. The van der Waals surface area contributed by atoms with Crippen LogP contribution in [-0.4, -0.2) is 20.6 Å². The van der Waals surface area contributed by atoms with Crippen LogP contribution in [0.25, 0.3) is 0 Å². The van der Waals surface area contributed by atoms with E-state index in [2.05, 4.69) is 10.0 Å². The Labute approximate surface area is 138 Å². The zero-order valence-corrected chi connectivity index (χ0v) is 13.9. The van der Waals surface area contributed by atoms with Crippen LogP contribution in [0.3, 0.4) is 0 Å². The van der Waals surface area contributed by atoms with Gasteiger partial charge in [-0.3, -0.25) is 9.52 Å². The summed E-state index contributed by atoms with van der Waals surface area (Å²) >= 11 is 5.86. The first kappa shape index (κ1) is 17.2. The lowest BCUT2D eigenvalue weighted by molar-refractivity contribution is 0.102. The van der Waals surface area contributed by atoms with Gasteiger partial charge in [0.2, 0.25) is 10.0 Å². The summed E-state index contributed by atoms with van der Waals surface area (Å²) in [5, 5.41) is 2.66. The van der Waals surface area contributed by atoms with Gasteiger partial charge >= 0.3 is 0 Å². The fourth-order valence-electron chi connectivity index (χ4n) is 1.92. The third kappa shape index (κ3) is 4.67. The van der Waals surface area contributed by atoms with Gasteiger partial charge in [-0.25, -0.2) is 12.8 Å². The predicted octanol–water partition coefficient (Wildman–Crippen LogP) is 3.41. The van der Waals surface area contributed by atoms with Crippen molar-refractivity contribution in [3.05, 3.63) is 58.4 Å². The molecule has 0 aliphatic heterocycles. The molecule has 8 heteroatoms. The fraction of sp³-hybridized carbons (Fsp3) is 0.133. The van der Waals surface area contributed by atoms with Crippen molar-refractivity contribution < 1.29 is 17.6 Å². The first-order valence-corrected chi connectivity index (χ1v) is 8.77. The van der Waals surface area contributed by atoms with Crippen molar-refractivity contribution in [2.45, 2.75) is 6.92 Å². The van der Waals surface area contributed by atoms with Gasteiger partial charge < -0.3 is 5.32 Å². The molecule has 0 aliphatic rings. The van der Waals surface area contributed by atoms with Gasteiger partial charge in [0, 0.05) is 5.02 Å². The summed E-state index contributed by atoms with van der Waals surface area (Å²) in [4.78, 5) is 12.4. The third-order valence-electron chi connectivity index (χ3n) is 2.89. The van der Waals surface area contributed by atoms with Crippen LogP contribution in [0.1, 0.15) is 15.9 Å². The van der Waals surface area contributed by atoms with Crippen molar-refractivity contribution >= 4 is 38.9 Å². The quantitative estimate of drug-likeness (QED) is 0.881. The number of aryl methyl sites for hydroxylation is 1. The van der Waals surface area contributed by atoms with E-state index >= 15 is 0 Å². The predicted molar refractivity (Wildman–Crippen MR) is 89.0 cm³/mol. The van der Waals surface area contributed by atoms with E-state index in [0.717, 1.165) is 11.8 Å². The number of benzene rings is 2. The van der Waals surface area contributed by atoms with Crippen LogP contribution in [-0.2, 0) is 10.0 Å². The van der Waals surface area contributed by atoms with Crippen LogP contribution in [0.5, 0.6) is 0 Å². The second-order valence-corrected chi connectivity index (χ2v) is 7.19. The number of hydrogen-bond donors (Lipinski definition) is 2. The number of carbonyl (C=O) groups excluding carboxylic acids is 1. The Morgan fingerprint density at radius 1 is 1.13 bits per heavy atom. The Kier molecular flexibility index (Phi) is 4.91. The van der Waals surface area contributed by atoms with E-state index < -0.39 is 21.7 Å². The number of anilines is 2. The van der Waals surface area contributed by atoms with Crippen molar-refractivity contribution in [3.8, 4) is 0 Å². The summed E-state index contributed by atoms with van der Waals surface area (Å²) in [5.41, 5.74) is 0.814. The molecule has 0 saturated heterocycles. The molecule has 0 atom stereocenters. The summed E-state index contributed by atoms with van der Waals surface area (Å²) in [7, 11) is -3.58. The highest BCUT2D eigenvalue weighted by Gasteiger charge is 2.16. The SMILES string of the molecule is Cc1ccc(F)c(NC(=O)c2cc(Cl)ccc2NS(C)(=O)=O)c1. The minimum absolute atomic E-state index is 0.000260. The van der Waals surface area contributed by atoms with Gasteiger partial charge in [0.1, 0.15) is 5.82 Å². The molecule has 2 rings (SSSR count). The van der Waals surface area contributed by atoms with E-state index in [-0.39, 0.29) is 22.0 Å². The van der Waals surface area contributed by atoms with E-state index in [1.54, 1.807) is 13.0 Å².